The Bertz CT molecular complexity index is 674. The van der Waals surface area contributed by atoms with Crippen LogP contribution in [0.4, 0.5) is 0 Å². The van der Waals surface area contributed by atoms with Crippen LogP contribution in [0.3, 0.4) is 0 Å². The van der Waals surface area contributed by atoms with Crippen LogP contribution in [0, 0.1) is 40.4 Å². The molecule has 0 spiro atoms. The second kappa shape index (κ2) is 9.15. The van der Waals surface area contributed by atoms with Crippen LogP contribution < -0.4 is 0 Å². The lowest BCUT2D eigenvalue weighted by Crippen LogP contribution is -2.57. The Morgan fingerprint density at radius 2 is 1.68 bits per heavy atom. The lowest BCUT2D eigenvalue weighted by atomic mass is 9.42. The maximum atomic E-state index is 12.3. The number of ketones is 1. The normalized spacial score (nSPS) is 44.4. The number of hydrogen-bond donors (Lipinski definition) is 2. The molecule has 0 heterocycles. The number of carboxylic acids is 1. The average Bonchev–Trinajstić information content (AvgIpc) is 3.02. The van der Waals surface area contributed by atoms with Gasteiger partial charge in [-0.3, -0.25) is 9.59 Å². The van der Waals surface area contributed by atoms with Crippen molar-refractivity contribution in [3.05, 3.63) is 0 Å². The predicted molar refractivity (Wildman–Crippen MR) is 122 cm³/mol. The molecule has 4 heteroatoms. The fourth-order valence-electron chi connectivity index (χ4n) is 8.70. The van der Waals surface area contributed by atoms with Gasteiger partial charge in [-0.1, -0.05) is 46.0 Å². The molecule has 31 heavy (non-hydrogen) atoms. The van der Waals surface area contributed by atoms with Crippen molar-refractivity contribution in [3.63, 3.8) is 0 Å². The van der Waals surface area contributed by atoms with Gasteiger partial charge in [-0.2, -0.15) is 0 Å². The summed E-state index contributed by atoms with van der Waals surface area (Å²) in [5.41, 5.74) is 0.421. The fraction of sp³-hybridized carbons (Fsp3) is 0.926. The highest BCUT2D eigenvalue weighted by Crippen LogP contribution is 2.67. The number of aliphatic carboxylic acids is 1. The molecule has 0 aromatic heterocycles. The first-order valence-corrected chi connectivity index (χ1v) is 13.2. The molecule has 4 aliphatic rings. The maximum Gasteiger partial charge on any atom is 0.303 e. The molecule has 4 aliphatic carbocycles. The van der Waals surface area contributed by atoms with Crippen molar-refractivity contribution in [1.29, 1.82) is 0 Å². The highest BCUT2D eigenvalue weighted by Gasteiger charge is 2.62. The smallest absolute Gasteiger partial charge is 0.303 e. The first-order valence-electron chi connectivity index (χ1n) is 13.2. The minimum absolute atomic E-state index is 0.101. The molecule has 0 unspecified atom stereocenters. The van der Waals surface area contributed by atoms with E-state index in [4.69, 9.17) is 5.11 Å². The SMILES string of the molecule is C[C@]12CCC(=O)C[C@@H]1C[C@@H](CCCCCCCC(=O)O)[C@@H]1[C@@H]2CC[C@]2(C)[C@@H](O)CC[C@@H]12. The van der Waals surface area contributed by atoms with E-state index < -0.39 is 5.97 Å². The lowest BCUT2D eigenvalue weighted by Gasteiger charge is -2.62. The van der Waals surface area contributed by atoms with Gasteiger partial charge in [-0.15, -0.1) is 0 Å². The van der Waals surface area contributed by atoms with E-state index in [1.165, 1.54) is 38.5 Å². The number of hydrogen-bond acceptors (Lipinski definition) is 3. The topological polar surface area (TPSA) is 74.6 Å². The van der Waals surface area contributed by atoms with Gasteiger partial charge < -0.3 is 10.2 Å². The third-order valence-corrected chi connectivity index (χ3v) is 10.6. The summed E-state index contributed by atoms with van der Waals surface area (Å²) >= 11 is 0. The van der Waals surface area contributed by atoms with Crippen LogP contribution in [0.2, 0.25) is 0 Å². The first-order chi connectivity index (χ1) is 14.8. The molecule has 176 valence electrons. The van der Waals surface area contributed by atoms with Crippen molar-refractivity contribution in [2.24, 2.45) is 40.4 Å². The number of fused-ring (bicyclic) bond motifs is 5. The first kappa shape index (κ1) is 23.3. The largest absolute Gasteiger partial charge is 0.481 e. The van der Waals surface area contributed by atoms with Crippen molar-refractivity contribution in [3.8, 4) is 0 Å². The number of Topliss-reactive ketones (excluding diaryl/α,β-unsaturated/α-hetero) is 1. The van der Waals surface area contributed by atoms with Crippen LogP contribution in [-0.4, -0.2) is 28.1 Å². The quantitative estimate of drug-likeness (QED) is 0.461. The Morgan fingerprint density at radius 3 is 2.45 bits per heavy atom. The summed E-state index contributed by atoms with van der Waals surface area (Å²) in [5, 5.41) is 19.6. The summed E-state index contributed by atoms with van der Waals surface area (Å²) in [6.07, 6.45) is 15.2. The third kappa shape index (κ3) is 4.35. The molecule has 0 bridgehead atoms. The van der Waals surface area contributed by atoms with Gasteiger partial charge in [0.15, 0.2) is 0 Å². The molecule has 8 atom stereocenters. The zero-order chi connectivity index (χ0) is 22.2. The second-order valence-electron chi connectivity index (χ2n) is 12.1. The van der Waals surface area contributed by atoms with Gasteiger partial charge in [-0.05, 0) is 85.4 Å². The number of carboxylic acid groups (broad SMARTS) is 1. The molecule has 4 saturated carbocycles. The van der Waals surface area contributed by atoms with Gasteiger partial charge in [0.1, 0.15) is 5.78 Å². The highest BCUT2D eigenvalue weighted by molar-refractivity contribution is 5.79. The standard InChI is InChI=1S/C27H44O4/c1-26-14-12-20(28)17-19(26)16-18(8-6-4-3-5-7-9-24(30)31)25-21-10-11-23(29)27(21,2)15-13-22(25)26/h18-19,21-23,25,29H,3-17H2,1-2H3,(H,30,31)/t18-,19+,21+,22+,23+,25+,26+,27+/m1/s1. The molecule has 0 saturated heterocycles. The lowest BCUT2D eigenvalue weighted by molar-refractivity contribution is -0.156. The van der Waals surface area contributed by atoms with E-state index in [0.29, 0.717) is 35.4 Å². The summed E-state index contributed by atoms with van der Waals surface area (Å²) in [6, 6.07) is 0. The summed E-state index contributed by atoms with van der Waals surface area (Å²) in [7, 11) is 0. The number of carbonyl (C=O) groups is 2. The van der Waals surface area contributed by atoms with E-state index in [1.54, 1.807) is 0 Å². The summed E-state index contributed by atoms with van der Waals surface area (Å²) in [6.45, 7) is 4.87. The molecule has 0 radical (unpaired) electrons. The molecular formula is C27H44O4. The van der Waals surface area contributed by atoms with Crippen molar-refractivity contribution in [2.75, 3.05) is 0 Å². The Hall–Kier alpha value is -0.900. The number of rotatable bonds is 8. The van der Waals surface area contributed by atoms with Crippen molar-refractivity contribution < 1.29 is 19.8 Å². The van der Waals surface area contributed by atoms with E-state index >= 15 is 0 Å². The van der Waals surface area contributed by atoms with Crippen molar-refractivity contribution in [2.45, 2.75) is 116 Å². The number of carbonyl (C=O) groups excluding carboxylic acids is 1. The minimum Gasteiger partial charge on any atom is -0.481 e. The van der Waals surface area contributed by atoms with E-state index in [1.807, 2.05) is 0 Å². The van der Waals surface area contributed by atoms with Crippen LogP contribution in [0.1, 0.15) is 110 Å². The van der Waals surface area contributed by atoms with Crippen LogP contribution in [0.5, 0.6) is 0 Å². The van der Waals surface area contributed by atoms with Gasteiger partial charge in [0, 0.05) is 19.3 Å². The van der Waals surface area contributed by atoms with E-state index in [0.717, 1.165) is 63.2 Å². The van der Waals surface area contributed by atoms with Crippen LogP contribution in [0.15, 0.2) is 0 Å². The van der Waals surface area contributed by atoms with Crippen LogP contribution in [0.25, 0.3) is 0 Å². The minimum atomic E-state index is -0.683. The number of aliphatic hydroxyl groups excluding tert-OH is 1. The average molecular weight is 433 g/mol. The van der Waals surface area contributed by atoms with Gasteiger partial charge in [0.05, 0.1) is 6.10 Å². The van der Waals surface area contributed by atoms with Gasteiger partial charge in [0.25, 0.3) is 0 Å². The zero-order valence-corrected chi connectivity index (χ0v) is 19.8. The van der Waals surface area contributed by atoms with Crippen molar-refractivity contribution >= 4 is 11.8 Å². The Kier molecular flexibility index (Phi) is 6.87. The van der Waals surface area contributed by atoms with Gasteiger partial charge >= 0.3 is 5.97 Å². The molecule has 0 aliphatic heterocycles. The van der Waals surface area contributed by atoms with E-state index in [9.17, 15) is 14.7 Å². The van der Waals surface area contributed by atoms with Gasteiger partial charge in [-0.25, -0.2) is 0 Å². The van der Waals surface area contributed by atoms with Gasteiger partial charge in [0.2, 0.25) is 0 Å². The molecule has 0 aromatic carbocycles. The Balaban J connectivity index is 1.44. The molecule has 4 nitrogen and oxygen atoms in total. The third-order valence-electron chi connectivity index (χ3n) is 10.6. The summed E-state index contributed by atoms with van der Waals surface area (Å²) in [4.78, 5) is 23.0. The Morgan fingerprint density at radius 1 is 0.968 bits per heavy atom. The van der Waals surface area contributed by atoms with Crippen molar-refractivity contribution in [1.82, 2.24) is 0 Å². The summed E-state index contributed by atoms with van der Waals surface area (Å²) in [5.74, 6) is 3.15. The van der Waals surface area contributed by atoms with E-state index in [2.05, 4.69) is 13.8 Å². The molecule has 0 amide bonds. The summed E-state index contributed by atoms with van der Waals surface area (Å²) < 4.78 is 0. The fourth-order valence-corrected chi connectivity index (χ4v) is 8.70. The van der Waals surface area contributed by atoms with E-state index in [-0.39, 0.29) is 11.5 Å². The highest BCUT2D eigenvalue weighted by atomic mass is 16.4. The molecular weight excluding hydrogens is 388 g/mol. The monoisotopic (exact) mass is 432 g/mol. The molecule has 0 aromatic rings. The second-order valence-corrected chi connectivity index (χ2v) is 12.1. The molecule has 2 N–H and O–H groups in total. The molecule has 4 fully saturated rings. The van der Waals surface area contributed by atoms with Crippen LogP contribution in [-0.2, 0) is 9.59 Å². The zero-order valence-electron chi connectivity index (χ0n) is 19.8. The predicted octanol–water partition coefficient (Wildman–Crippen LogP) is 6.00. The molecule has 4 rings (SSSR count). The number of aliphatic hydroxyl groups is 1. The number of unbranched alkanes of at least 4 members (excludes halogenated alkanes) is 4. The van der Waals surface area contributed by atoms with Crippen LogP contribution >= 0.6 is 0 Å². The maximum absolute atomic E-state index is 12.3. The Labute approximate surface area is 188 Å².